The van der Waals surface area contributed by atoms with Gasteiger partial charge in [-0.3, -0.25) is 9.59 Å². The number of carbonyl (C=O) groups is 2. The molecule has 0 saturated heterocycles. The van der Waals surface area contributed by atoms with Gasteiger partial charge in [0.15, 0.2) is 0 Å². The van der Waals surface area contributed by atoms with Crippen molar-refractivity contribution in [1.82, 2.24) is 4.90 Å². The lowest BCUT2D eigenvalue weighted by Crippen LogP contribution is -2.37. The molecule has 2 aliphatic heterocycles. The van der Waals surface area contributed by atoms with Gasteiger partial charge in [-0.2, -0.15) is 4.99 Å². The molecule has 90 valence electrons. The van der Waals surface area contributed by atoms with Crippen LogP contribution in [0, 0.1) is 0 Å². The molecule has 0 aliphatic carbocycles. The SMILES string of the molecule is CCOC(=O)CC1=CC=CC2=NC(=O)CCN12. The largest absolute Gasteiger partial charge is 0.466 e. The fourth-order valence-electron chi connectivity index (χ4n) is 1.83. The van der Waals surface area contributed by atoms with E-state index in [1.807, 2.05) is 11.0 Å². The number of amides is 1. The Hall–Kier alpha value is -1.91. The molecule has 0 N–H and O–H groups in total. The van der Waals surface area contributed by atoms with Crippen LogP contribution < -0.4 is 0 Å². The number of hydrogen-bond donors (Lipinski definition) is 0. The first-order chi connectivity index (χ1) is 8.20. The molecule has 0 saturated carbocycles. The molecule has 0 aromatic rings. The number of nitrogens with zero attached hydrogens (tertiary/aromatic N) is 2. The summed E-state index contributed by atoms with van der Waals surface area (Å²) in [5, 5.41) is 0. The van der Waals surface area contributed by atoms with Crippen LogP contribution in [-0.2, 0) is 14.3 Å². The summed E-state index contributed by atoms with van der Waals surface area (Å²) in [6.07, 6.45) is 6.02. The molecule has 0 aromatic heterocycles. The van der Waals surface area contributed by atoms with Crippen molar-refractivity contribution in [3.05, 3.63) is 23.9 Å². The molecule has 0 unspecified atom stereocenters. The quantitative estimate of drug-likeness (QED) is 0.684. The molecule has 17 heavy (non-hydrogen) atoms. The van der Waals surface area contributed by atoms with Gasteiger partial charge in [0.1, 0.15) is 5.84 Å². The normalized spacial score (nSPS) is 18.4. The van der Waals surface area contributed by atoms with E-state index in [4.69, 9.17) is 4.74 Å². The molecule has 0 radical (unpaired) electrons. The van der Waals surface area contributed by atoms with Crippen LogP contribution in [-0.4, -0.2) is 35.8 Å². The molecule has 5 heteroatoms. The average Bonchev–Trinajstić information content (AvgIpc) is 2.29. The van der Waals surface area contributed by atoms with Crippen LogP contribution in [0.5, 0.6) is 0 Å². The van der Waals surface area contributed by atoms with Gasteiger partial charge in [0, 0.05) is 18.7 Å². The van der Waals surface area contributed by atoms with Crippen molar-refractivity contribution < 1.29 is 14.3 Å². The maximum absolute atomic E-state index is 11.4. The van der Waals surface area contributed by atoms with Crippen LogP contribution in [0.3, 0.4) is 0 Å². The Morgan fingerprint density at radius 3 is 3.18 bits per heavy atom. The molecule has 5 nitrogen and oxygen atoms in total. The number of fused-ring (bicyclic) bond motifs is 1. The fraction of sp³-hybridized carbons (Fsp3) is 0.417. The molecule has 2 rings (SSSR count). The van der Waals surface area contributed by atoms with Crippen LogP contribution in [0.2, 0.25) is 0 Å². The zero-order valence-electron chi connectivity index (χ0n) is 9.68. The summed E-state index contributed by atoms with van der Waals surface area (Å²) in [4.78, 5) is 28.4. The summed E-state index contributed by atoms with van der Waals surface area (Å²) < 4.78 is 4.91. The molecule has 0 aromatic carbocycles. The summed E-state index contributed by atoms with van der Waals surface area (Å²) >= 11 is 0. The summed E-state index contributed by atoms with van der Waals surface area (Å²) in [6, 6.07) is 0. The van der Waals surface area contributed by atoms with Crippen molar-refractivity contribution in [2.75, 3.05) is 13.2 Å². The van der Waals surface area contributed by atoms with Crippen LogP contribution in [0.25, 0.3) is 0 Å². The predicted octanol–water partition coefficient (Wildman–Crippen LogP) is 1.02. The second-order valence-electron chi connectivity index (χ2n) is 3.76. The zero-order chi connectivity index (χ0) is 12.3. The molecule has 0 atom stereocenters. The molecular weight excluding hydrogens is 220 g/mol. The molecule has 2 heterocycles. The third-order valence-corrected chi connectivity index (χ3v) is 2.58. The number of aliphatic imine (C=N–C) groups is 1. The fourth-order valence-corrected chi connectivity index (χ4v) is 1.83. The molecule has 1 amide bonds. The van der Waals surface area contributed by atoms with Gasteiger partial charge in [-0.25, -0.2) is 0 Å². The number of ether oxygens (including phenoxy) is 1. The average molecular weight is 234 g/mol. The van der Waals surface area contributed by atoms with Gasteiger partial charge in [-0.05, 0) is 19.1 Å². The van der Waals surface area contributed by atoms with E-state index in [9.17, 15) is 9.59 Å². The molecule has 0 fully saturated rings. The zero-order valence-corrected chi connectivity index (χ0v) is 9.68. The maximum atomic E-state index is 11.4. The summed E-state index contributed by atoms with van der Waals surface area (Å²) in [5.74, 6) is 0.242. The second kappa shape index (κ2) is 4.95. The van der Waals surface area contributed by atoms with Crippen molar-refractivity contribution in [2.24, 2.45) is 4.99 Å². The predicted molar refractivity (Wildman–Crippen MR) is 62.2 cm³/mol. The van der Waals surface area contributed by atoms with Gasteiger partial charge in [0.2, 0.25) is 5.91 Å². The Kier molecular flexibility index (Phi) is 3.37. The first-order valence-corrected chi connectivity index (χ1v) is 5.62. The Labute approximate surface area is 99.5 Å². The highest BCUT2D eigenvalue weighted by Crippen LogP contribution is 2.19. The lowest BCUT2D eigenvalue weighted by Gasteiger charge is -2.30. The van der Waals surface area contributed by atoms with E-state index in [-0.39, 0.29) is 18.3 Å². The van der Waals surface area contributed by atoms with Gasteiger partial charge < -0.3 is 9.64 Å². The minimum absolute atomic E-state index is 0.113. The summed E-state index contributed by atoms with van der Waals surface area (Å²) in [6.45, 7) is 2.73. The van der Waals surface area contributed by atoms with Gasteiger partial charge in [0.05, 0.1) is 13.0 Å². The first kappa shape index (κ1) is 11.6. The Morgan fingerprint density at radius 1 is 1.59 bits per heavy atom. The Balaban J connectivity index is 2.11. The van der Waals surface area contributed by atoms with Crippen LogP contribution >= 0.6 is 0 Å². The summed E-state index contributed by atoms with van der Waals surface area (Å²) in [5.41, 5.74) is 0.831. The minimum atomic E-state index is -0.259. The van der Waals surface area contributed by atoms with Crippen molar-refractivity contribution in [3.8, 4) is 0 Å². The van der Waals surface area contributed by atoms with Crippen LogP contribution in [0.1, 0.15) is 19.8 Å². The Morgan fingerprint density at radius 2 is 2.41 bits per heavy atom. The third kappa shape index (κ3) is 2.61. The number of rotatable bonds is 3. The monoisotopic (exact) mass is 234 g/mol. The number of esters is 1. The standard InChI is InChI=1S/C12H14N2O3/c1-2-17-12(16)8-9-4-3-5-10-13-11(15)6-7-14(9)10/h3-5H,2,6-8H2,1H3. The van der Waals surface area contributed by atoms with E-state index in [0.717, 1.165) is 5.70 Å². The van der Waals surface area contributed by atoms with E-state index in [1.54, 1.807) is 19.1 Å². The molecular formula is C12H14N2O3. The van der Waals surface area contributed by atoms with E-state index in [0.29, 0.717) is 25.4 Å². The van der Waals surface area contributed by atoms with Gasteiger partial charge >= 0.3 is 5.97 Å². The van der Waals surface area contributed by atoms with E-state index < -0.39 is 0 Å². The molecule has 0 bridgehead atoms. The lowest BCUT2D eigenvalue weighted by atomic mass is 10.1. The van der Waals surface area contributed by atoms with Gasteiger partial charge in [0.25, 0.3) is 0 Å². The number of amidine groups is 1. The summed E-state index contributed by atoms with van der Waals surface area (Å²) in [7, 11) is 0. The maximum Gasteiger partial charge on any atom is 0.311 e. The Bertz CT molecular complexity index is 435. The van der Waals surface area contributed by atoms with Crippen molar-refractivity contribution in [1.29, 1.82) is 0 Å². The smallest absolute Gasteiger partial charge is 0.311 e. The van der Waals surface area contributed by atoms with Crippen molar-refractivity contribution in [3.63, 3.8) is 0 Å². The van der Waals surface area contributed by atoms with Crippen LogP contribution in [0.4, 0.5) is 0 Å². The van der Waals surface area contributed by atoms with E-state index >= 15 is 0 Å². The number of hydrogen-bond acceptors (Lipinski definition) is 4. The van der Waals surface area contributed by atoms with E-state index in [2.05, 4.69) is 4.99 Å². The first-order valence-electron chi connectivity index (χ1n) is 5.62. The van der Waals surface area contributed by atoms with Crippen LogP contribution in [0.15, 0.2) is 28.9 Å². The van der Waals surface area contributed by atoms with Crippen molar-refractivity contribution in [2.45, 2.75) is 19.8 Å². The highest BCUT2D eigenvalue weighted by atomic mass is 16.5. The van der Waals surface area contributed by atoms with Crippen molar-refractivity contribution >= 4 is 17.7 Å². The minimum Gasteiger partial charge on any atom is -0.466 e. The topological polar surface area (TPSA) is 59.0 Å². The third-order valence-electron chi connectivity index (χ3n) is 2.58. The lowest BCUT2D eigenvalue weighted by molar-refractivity contribution is -0.142. The van der Waals surface area contributed by atoms with Gasteiger partial charge in [-0.1, -0.05) is 6.08 Å². The highest BCUT2D eigenvalue weighted by Gasteiger charge is 2.24. The number of allylic oxidation sites excluding steroid dienone is 2. The van der Waals surface area contributed by atoms with E-state index in [1.165, 1.54) is 0 Å². The second-order valence-corrected chi connectivity index (χ2v) is 3.76. The number of carbonyl (C=O) groups excluding carboxylic acids is 2. The van der Waals surface area contributed by atoms with Gasteiger partial charge in [-0.15, -0.1) is 0 Å². The molecule has 2 aliphatic rings. The molecule has 0 spiro atoms. The highest BCUT2D eigenvalue weighted by molar-refractivity contribution is 6.04.